The molecule has 0 bridgehead atoms. The van der Waals surface area contributed by atoms with Crippen LogP contribution in [0.5, 0.6) is 0 Å². The zero-order valence-corrected chi connectivity index (χ0v) is 15.6. The Balaban J connectivity index is 1.86. The molecule has 24 heavy (non-hydrogen) atoms. The Hall–Kier alpha value is -1.27. The molecule has 0 heterocycles. The van der Waals surface area contributed by atoms with Gasteiger partial charge in [0, 0.05) is 39.6 Å². The number of methoxy groups -OCH3 is 1. The smallest absolute Gasteiger partial charge is 0.191 e. The van der Waals surface area contributed by atoms with Gasteiger partial charge in [0.2, 0.25) is 0 Å². The van der Waals surface area contributed by atoms with E-state index in [2.05, 4.69) is 15.6 Å². The molecule has 0 amide bonds. The number of ether oxygens (including phenoxy) is 1. The minimum Gasteiger partial charge on any atom is -0.385 e. The molecule has 2 N–H and O–H groups in total. The number of nitrogens with zero attached hydrogens (tertiary/aromatic N) is 1. The first-order valence-electron chi connectivity index (χ1n) is 8.32. The maximum Gasteiger partial charge on any atom is 0.191 e. The summed E-state index contributed by atoms with van der Waals surface area (Å²) < 4.78 is 18.6. The SMILES string of the molecule is CN=C(NCc1ccc(F)cc1CSC)NCC1(CCOC)CC1. The van der Waals surface area contributed by atoms with Gasteiger partial charge in [0.1, 0.15) is 5.82 Å². The molecule has 1 aliphatic carbocycles. The fourth-order valence-corrected chi connectivity index (χ4v) is 3.32. The Bertz CT molecular complexity index is 561. The molecule has 0 aliphatic heterocycles. The Morgan fingerprint density at radius 3 is 2.75 bits per heavy atom. The summed E-state index contributed by atoms with van der Waals surface area (Å²) in [5.41, 5.74) is 2.51. The topological polar surface area (TPSA) is 45.7 Å². The third-order valence-electron chi connectivity index (χ3n) is 4.56. The van der Waals surface area contributed by atoms with Gasteiger partial charge in [-0.15, -0.1) is 0 Å². The monoisotopic (exact) mass is 353 g/mol. The summed E-state index contributed by atoms with van der Waals surface area (Å²) in [7, 11) is 3.52. The van der Waals surface area contributed by atoms with Crippen LogP contribution in [0.15, 0.2) is 23.2 Å². The van der Waals surface area contributed by atoms with Crippen molar-refractivity contribution in [3.63, 3.8) is 0 Å². The number of guanidine groups is 1. The lowest BCUT2D eigenvalue weighted by Gasteiger charge is -2.19. The fraction of sp³-hybridized carbons (Fsp3) is 0.611. The summed E-state index contributed by atoms with van der Waals surface area (Å²) in [5, 5.41) is 6.75. The minimum atomic E-state index is -0.181. The fourth-order valence-electron chi connectivity index (χ4n) is 2.74. The highest BCUT2D eigenvalue weighted by molar-refractivity contribution is 7.97. The van der Waals surface area contributed by atoms with E-state index in [1.165, 1.54) is 18.9 Å². The van der Waals surface area contributed by atoms with Gasteiger partial charge in [0.25, 0.3) is 0 Å². The van der Waals surface area contributed by atoms with Crippen LogP contribution in [0.25, 0.3) is 0 Å². The van der Waals surface area contributed by atoms with E-state index in [0.717, 1.165) is 42.4 Å². The van der Waals surface area contributed by atoms with Crippen molar-refractivity contribution in [3.8, 4) is 0 Å². The van der Waals surface area contributed by atoms with Crippen LogP contribution in [-0.4, -0.2) is 39.5 Å². The molecule has 1 aromatic carbocycles. The molecular weight excluding hydrogens is 325 g/mol. The number of benzene rings is 1. The van der Waals surface area contributed by atoms with Gasteiger partial charge in [0.05, 0.1) is 0 Å². The van der Waals surface area contributed by atoms with E-state index in [4.69, 9.17) is 4.74 Å². The Morgan fingerprint density at radius 2 is 2.12 bits per heavy atom. The molecule has 1 fully saturated rings. The lowest BCUT2D eigenvalue weighted by molar-refractivity contribution is 0.172. The van der Waals surface area contributed by atoms with Crippen molar-refractivity contribution in [2.45, 2.75) is 31.6 Å². The minimum absolute atomic E-state index is 0.181. The lowest BCUT2D eigenvalue weighted by atomic mass is 10.0. The molecule has 0 atom stereocenters. The average molecular weight is 354 g/mol. The number of aliphatic imine (C=N–C) groups is 1. The summed E-state index contributed by atoms with van der Waals surface area (Å²) in [4.78, 5) is 4.29. The van der Waals surface area contributed by atoms with Crippen molar-refractivity contribution < 1.29 is 9.13 Å². The largest absolute Gasteiger partial charge is 0.385 e. The van der Waals surface area contributed by atoms with Crippen LogP contribution in [0.1, 0.15) is 30.4 Å². The molecule has 0 saturated heterocycles. The predicted octanol–water partition coefficient (Wildman–Crippen LogP) is 3.17. The first kappa shape index (κ1) is 19.1. The molecular formula is C18H28FN3OS. The molecule has 0 spiro atoms. The van der Waals surface area contributed by atoms with Crippen LogP contribution >= 0.6 is 11.8 Å². The van der Waals surface area contributed by atoms with Crippen LogP contribution in [0.3, 0.4) is 0 Å². The zero-order valence-electron chi connectivity index (χ0n) is 14.8. The van der Waals surface area contributed by atoms with Crippen LogP contribution in [0.4, 0.5) is 4.39 Å². The van der Waals surface area contributed by atoms with Gasteiger partial charge in [-0.3, -0.25) is 4.99 Å². The van der Waals surface area contributed by atoms with Crippen molar-refractivity contribution in [2.24, 2.45) is 10.4 Å². The van der Waals surface area contributed by atoms with E-state index in [1.54, 1.807) is 32.0 Å². The molecule has 1 aromatic rings. The maximum absolute atomic E-state index is 13.4. The number of hydrogen-bond donors (Lipinski definition) is 2. The molecule has 2 rings (SSSR count). The quantitative estimate of drug-likeness (QED) is 0.529. The van der Waals surface area contributed by atoms with E-state index in [-0.39, 0.29) is 5.82 Å². The van der Waals surface area contributed by atoms with E-state index >= 15 is 0 Å². The number of thioether (sulfide) groups is 1. The normalized spacial score (nSPS) is 16.1. The van der Waals surface area contributed by atoms with E-state index in [1.807, 2.05) is 12.3 Å². The number of hydrogen-bond acceptors (Lipinski definition) is 3. The summed E-state index contributed by atoms with van der Waals surface area (Å²) in [5.74, 6) is 1.42. The number of rotatable bonds is 9. The van der Waals surface area contributed by atoms with Gasteiger partial charge in [-0.1, -0.05) is 6.07 Å². The van der Waals surface area contributed by atoms with Gasteiger partial charge < -0.3 is 15.4 Å². The standard InChI is InChI=1S/C18H28FN3OS/c1-20-17(22-13-18(6-7-18)8-9-23-2)21-11-14-4-5-16(19)10-15(14)12-24-3/h4-5,10H,6-9,11-13H2,1-3H3,(H2,20,21,22). The summed E-state index contributed by atoms with van der Waals surface area (Å²) in [6.45, 7) is 2.36. The van der Waals surface area contributed by atoms with E-state index in [9.17, 15) is 4.39 Å². The molecule has 1 aliphatic rings. The van der Waals surface area contributed by atoms with Crippen LogP contribution < -0.4 is 10.6 Å². The molecule has 0 radical (unpaired) electrons. The molecule has 134 valence electrons. The summed E-state index contributed by atoms with van der Waals surface area (Å²) in [6.07, 6.45) is 5.60. The summed E-state index contributed by atoms with van der Waals surface area (Å²) >= 11 is 1.69. The number of nitrogens with one attached hydrogen (secondary N) is 2. The van der Waals surface area contributed by atoms with Crippen LogP contribution in [0, 0.1) is 11.2 Å². The third kappa shape index (κ3) is 5.67. The summed E-state index contributed by atoms with van der Waals surface area (Å²) in [6, 6.07) is 4.98. The van der Waals surface area contributed by atoms with Crippen molar-refractivity contribution >= 4 is 17.7 Å². The second-order valence-corrected chi connectivity index (χ2v) is 7.23. The van der Waals surface area contributed by atoms with E-state index in [0.29, 0.717) is 12.0 Å². The highest BCUT2D eigenvalue weighted by Gasteiger charge is 2.41. The van der Waals surface area contributed by atoms with E-state index < -0.39 is 0 Å². The van der Waals surface area contributed by atoms with Crippen molar-refractivity contribution in [3.05, 3.63) is 35.1 Å². The van der Waals surface area contributed by atoms with Crippen LogP contribution in [-0.2, 0) is 17.0 Å². The molecule has 0 unspecified atom stereocenters. The first-order chi connectivity index (χ1) is 11.6. The van der Waals surface area contributed by atoms with Gasteiger partial charge in [-0.2, -0.15) is 11.8 Å². The zero-order chi connectivity index (χ0) is 17.4. The first-order valence-corrected chi connectivity index (χ1v) is 9.71. The van der Waals surface area contributed by atoms with Crippen molar-refractivity contribution in [2.75, 3.05) is 33.6 Å². The Morgan fingerprint density at radius 1 is 1.33 bits per heavy atom. The van der Waals surface area contributed by atoms with Gasteiger partial charge in [-0.05, 0) is 54.2 Å². The van der Waals surface area contributed by atoms with Gasteiger partial charge in [-0.25, -0.2) is 4.39 Å². The highest BCUT2D eigenvalue weighted by Crippen LogP contribution is 2.48. The Labute approximate surface area is 148 Å². The predicted molar refractivity (Wildman–Crippen MR) is 100.0 cm³/mol. The second-order valence-electron chi connectivity index (χ2n) is 6.37. The Kier molecular flexibility index (Phi) is 7.37. The molecule has 4 nitrogen and oxygen atoms in total. The average Bonchev–Trinajstić information content (AvgIpc) is 3.35. The van der Waals surface area contributed by atoms with Gasteiger partial charge >= 0.3 is 0 Å². The maximum atomic E-state index is 13.4. The van der Waals surface area contributed by atoms with Crippen molar-refractivity contribution in [1.29, 1.82) is 0 Å². The lowest BCUT2D eigenvalue weighted by Crippen LogP contribution is -2.40. The van der Waals surface area contributed by atoms with Crippen LogP contribution in [0.2, 0.25) is 0 Å². The van der Waals surface area contributed by atoms with Crippen molar-refractivity contribution in [1.82, 2.24) is 10.6 Å². The highest BCUT2D eigenvalue weighted by atomic mass is 32.2. The molecule has 1 saturated carbocycles. The molecule has 0 aromatic heterocycles. The third-order valence-corrected chi connectivity index (χ3v) is 5.16. The van der Waals surface area contributed by atoms with Gasteiger partial charge in [0.15, 0.2) is 5.96 Å². The molecule has 6 heteroatoms. The second kappa shape index (κ2) is 9.28. The number of halogens is 1.